The van der Waals surface area contributed by atoms with Gasteiger partial charge in [-0.15, -0.1) is 0 Å². The first-order valence-corrected chi connectivity index (χ1v) is 5.80. The average molecular weight is 275 g/mol. The van der Waals surface area contributed by atoms with E-state index in [1.54, 1.807) is 19.1 Å². The molecule has 8 nitrogen and oxygen atoms in total. The van der Waals surface area contributed by atoms with Gasteiger partial charge in [-0.05, 0) is 24.6 Å². The Labute approximate surface area is 114 Å². The van der Waals surface area contributed by atoms with Crippen molar-refractivity contribution >= 4 is 11.4 Å². The van der Waals surface area contributed by atoms with Gasteiger partial charge in [0.25, 0.3) is 11.2 Å². The number of nitrogens with two attached hydrogens (primary N) is 1. The summed E-state index contributed by atoms with van der Waals surface area (Å²) in [6.07, 6.45) is 0. The number of nitrogens with zero attached hydrogens (tertiary/aromatic N) is 3. The monoisotopic (exact) mass is 275 g/mol. The van der Waals surface area contributed by atoms with Crippen molar-refractivity contribution < 1.29 is 4.92 Å². The highest BCUT2D eigenvalue weighted by Gasteiger charge is 2.13. The van der Waals surface area contributed by atoms with Gasteiger partial charge < -0.3 is 5.43 Å². The van der Waals surface area contributed by atoms with Crippen LogP contribution < -0.4 is 16.8 Å². The number of nitrogen functional groups attached to an aromatic ring is 1. The third-order valence-corrected chi connectivity index (χ3v) is 2.75. The largest absolute Gasteiger partial charge is 0.318 e. The summed E-state index contributed by atoms with van der Waals surface area (Å²) in [4.78, 5) is 21.9. The summed E-state index contributed by atoms with van der Waals surface area (Å²) < 4.78 is 1.29. The minimum atomic E-state index is -0.532. The third kappa shape index (κ3) is 2.81. The van der Waals surface area contributed by atoms with E-state index in [1.165, 1.54) is 22.9 Å². The lowest BCUT2D eigenvalue weighted by Gasteiger charge is -2.07. The molecule has 1 heterocycles. The molecule has 0 saturated carbocycles. The Morgan fingerprint density at radius 2 is 2.15 bits per heavy atom. The molecule has 0 amide bonds. The van der Waals surface area contributed by atoms with Gasteiger partial charge in [0.2, 0.25) is 0 Å². The first-order valence-electron chi connectivity index (χ1n) is 5.80. The van der Waals surface area contributed by atoms with E-state index in [9.17, 15) is 14.9 Å². The molecule has 0 bridgehead atoms. The fourth-order valence-electron chi connectivity index (χ4n) is 1.79. The number of aryl methyl sites for hydroxylation is 1. The van der Waals surface area contributed by atoms with Crippen LogP contribution in [0.2, 0.25) is 0 Å². The number of aromatic nitrogens is 2. The Morgan fingerprint density at radius 1 is 1.40 bits per heavy atom. The van der Waals surface area contributed by atoms with E-state index in [2.05, 4.69) is 10.5 Å². The maximum Gasteiger partial charge on any atom is 0.293 e. The molecule has 1 aromatic heterocycles. The quantitative estimate of drug-likeness (QED) is 0.484. The molecule has 1 aromatic carbocycles. The van der Waals surface area contributed by atoms with Crippen molar-refractivity contribution in [3.8, 4) is 0 Å². The lowest BCUT2D eigenvalue weighted by molar-refractivity contribution is -0.384. The first-order chi connectivity index (χ1) is 9.51. The minimum absolute atomic E-state index is 0.124. The standard InChI is InChI=1S/C12H13N5O3/c1-8-2-5-12(18)16(15-8)7-9-3-4-11(17(19)20)10(6-9)14-13/h2-6,14H,7,13H2,1H3. The summed E-state index contributed by atoms with van der Waals surface area (Å²) >= 11 is 0. The van der Waals surface area contributed by atoms with Crippen molar-refractivity contribution in [1.82, 2.24) is 9.78 Å². The SMILES string of the molecule is Cc1ccc(=O)n(Cc2ccc([N+](=O)[O-])c(NN)c2)n1. The van der Waals surface area contributed by atoms with Crippen LogP contribution in [0.15, 0.2) is 35.1 Å². The van der Waals surface area contributed by atoms with Gasteiger partial charge in [-0.3, -0.25) is 20.8 Å². The molecular formula is C12H13N5O3. The zero-order valence-electron chi connectivity index (χ0n) is 10.7. The molecule has 8 heteroatoms. The van der Waals surface area contributed by atoms with Crippen molar-refractivity contribution in [2.45, 2.75) is 13.5 Å². The van der Waals surface area contributed by atoms with E-state index in [4.69, 9.17) is 5.84 Å². The van der Waals surface area contributed by atoms with Crippen LogP contribution in [-0.2, 0) is 6.54 Å². The number of nitro benzene ring substituents is 1. The topological polar surface area (TPSA) is 116 Å². The molecule has 0 saturated heterocycles. The van der Waals surface area contributed by atoms with Crippen LogP contribution >= 0.6 is 0 Å². The van der Waals surface area contributed by atoms with Gasteiger partial charge in [0, 0.05) is 12.1 Å². The van der Waals surface area contributed by atoms with Crippen LogP contribution in [0.4, 0.5) is 11.4 Å². The molecule has 104 valence electrons. The second-order valence-corrected chi connectivity index (χ2v) is 4.22. The van der Waals surface area contributed by atoms with Gasteiger partial charge >= 0.3 is 0 Å². The second-order valence-electron chi connectivity index (χ2n) is 4.22. The van der Waals surface area contributed by atoms with Gasteiger partial charge in [0.05, 0.1) is 17.2 Å². The van der Waals surface area contributed by atoms with Gasteiger partial charge in [0.15, 0.2) is 0 Å². The van der Waals surface area contributed by atoms with Crippen LogP contribution in [0.3, 0.4) is 0 Å². The number of hydrogen-bond acceptors (Lipinski definition) is 6. The summed E-state index contributed by atoms with van der Waals surface area (Å²) in [5.41, 5.74) is 3.50. The summed E-state index contributed by atoms with van der Waals surface area (Å²) in [5, 5.41) is 14.9. The highest BCUT2D eigenvalue weighted by molar-refractivity contribution is 5.62. The number of rotatable bonds is 4. The molecule has 0 aliphatic heterocycles. The van der Waals surface area contributed by atoms with Crippen LogP contribution in [0.25, 0.3) is 0 Å². The van der Waals surface area contributed by atoms with Crippen LogP contribution in [-0.4, -0.2) is 14.7 Å². The molecule has 0 aliphatic rings. The third-order valence-electron chi connectivity index (χ3n) is 2.75. The van der Waals surface area contributed by atoms with Gasteiger partial charge in [0.1, 0.15) is 5.69 Å². The first kappa shape index (κ1) is 13.7. The fraction of sp³-hybridized carbons (Fsp3) is 0.167. The molecule has 0 aliphatic carbocycles. The zero-order chi connectivity index (χ0) is 14.7. The highest BCUT2D eigenvalue weighted by Crippen LogP contribution is 2.24. The zero-order valence-corrected chi connectivity index (χ0v) is 10.7. The van der Waals surface area contributed by atoms with Crippen LogP contribution in [0.1, 0.15) is 11.3 Å². The number of nitro groups is 1. The van der Waals surface area contributed by atoms with E-state index in [0.29, 0.717) is 11.3 Å². The molecule has 0 fully saturated rings. The normalized spacial score (nSPS) is 10.3. The molecule has 0 radical (unpaired) electrons. The van der Waals surface area contributed by atoms with Gasteiger partial charge in [-0.1, -0.05) is 6.07 Å². The van der Waals surface area contributed by atoms with Gasteiger partial charge in [-0.25, -0.2) is 4.68 Å². The van der Waals surface area contributed by atoms with Gasteiger partial charge in [-0.2, -0.15) is 5.10 Å². The number of hydrazine groups is 1. The van der Waals surface area contributed by atoms with E-state index < -0.39 is 4.92 Å². The lowest BCUT2D eigenvalue weighted by Crippen LogP contribution is -2.23. The Morgan fingerprint density at radius 3 is 2.80 bits per heavy atom. The number of anilines is 1. The Bertz CT molecular complexity index is 710. The maximum atomic E-state index is 11.7. The molecule has 0 spiro atoms. The molecule has 0 atom stereocenters. The Hall–Kier alpha value is -2.74. The predicted octanol–water partition coefficient (Wildman–Crippen LogP) is 0.794. The Kier molecular flexibility index (Phi) is 3.76. The number of nitrogens with one attached hydrogen (secondary N) is 1. The maximum absolute atomic E-state index is 11.7. The van der Waals surface area contributed by atoms with E-state index in [1.807, 2.05) is 0 Å². The molecular weight excluding hydrogens is 262 g/mol. The summed E-state index contributed by atoms with van der Waals surface area (Å²) in [6, 6.07) is 7.48. The average Bonchev–Trinajstić information content (AvgIpc) is 2.42. The summed E-state index contributed by atoms with van der Waals surface area (Å²) in [5.74, 6) is 5.27. The molecule has 20 heavy (non-hydrogen) atoms. The second kappa shape index (κ2) is 5.49. The highest BCUT2D eigenvalue weighted by atomic mass is 16.6. The minimum Gasteiger partial charge on any atom is -0.318 e. The number of benzene rings is 1. The van der Waals surface area contributed by atoms with E-state index in [-0.39, 0.29) is 23.5 Å². The van der Waals surface area contributed by atoms with Crippen LogP contribution in [0, 0.1) is 17.0 Å². The van der Waals surface area contributed by atoms with Crippen LogP contribution in [0.5, 0.6) is 0 Å². The summed E-state index contributed by atoms with van der Waals surface area (Å²) in [6.45, 7) is 1.99. The smallest absolute Gasteiger partial charge is 0.293 e. The Balaban J connectivity index is 2.37. The lowest BCUT2D eigenvalue weighted by atomic mass is 10.1. The summed E-state index contributed by atoms with van der Waals surface area (Å²) in [7, 11) is 0. The fourth-order valence-corrected chi connectivity index (χ4v) is 1.79. The van der Waals surface area contributed by atoms with Crippen molar-refractivity contribution in [2.75, 3.05) is 5.43 Å². The molecule has 0 unspecified atom stereocenters. The van der Waals surface area contributed by atoms with Crippen molar-refractivity contribution in [2.24, 2.45) is 5.84 Å². The molecule has 2 rings (SSSR count). The van der Waals surface area contributed by atoms with E-state index in [0.717, 1.165) is 0 Å². The predicted molar refractivity (Wildman–Crippen MR) is 73.2 cm³/mol. The molecule has 3 N–H and O–H groups in total. The molecule has 2 aromatic rings. The van der Waals surface area contributed by atoms with Crippen molar-refractivity contribution in [3.05, 3.63) is 62.1 Å². The van der Waals surface area contributed by atoms with Crippen molar-refractivity contribution in [3.63, 3.8) is 0 Å². The van der Waals surface area contributed by atoms with E-state index >= 15 is 0 Å². The van der Waals surface area contributed by atoms with Crippen molar-refractivity contribution in [1.29, 1.82) is 0 Å². The number of hydrogen-bond donors (Lipinski definition) is 2.